The summed E-state index contributed by atoms with van der Waals surface area (Å²) in [5.41, 5.74) is 0. The van der Waals surface area contributed by atoms with E-state index in [2.05, 4.69) is 4.98 Å². The van der Waals surface area contributed by atoms with Crippen LogP contribution in [0.3, 0.4) is 0 Å². The second kappa shape index (κ2) is 3.48. The molecule has 2 aromatic rings. The first-order valence-corrected chi connectivity index (χ1v) is 4.44. The highest BCUT2D eigenvalue weighted by Crippen LogP contribution is 2.25. The van der Waals surface area contributed by atoms with Crippen molar-refractivity contribution in [3.05, 3.63) is 29.3 Å². The second-order valence-corrected chi connectivity index (χ2v) is 3.22. The van der Waals surface area contributed by atoms with Crippen LogP contribution in [-0.2, 0) is 0 Å². The number of rotatable bonds is 2. The molecule has 0 aliphatic rings. The monoisotopic (exact) mass is 213 g/mol. The molecule has 1 unspecified atom stereocenters. The zero-order valence-corrected chi connectivity index (χ0v) is 8.15. The lowest BCUT2D eigenvalue weighted by atomic mass is 10.3. The van der Waals surface area contributed by atoms with Crippen molar-refractivity contribution in [3.63, 3.8) is 0 Å². The Morgan fingerprint density at radius 2 is 2.21 bits per heavy atom. The van der Waals surface area contributed by atoms with Crippen LogP contribution in [0.25, 0.3) is 11.7 Å². The van der Waals surface area contributed by atoms with Crippen LogP contribution in [0.5, 0.6) is 0 Å². The van der Waals surface area contributed by atoms with Crippen molar-refractivity contribution in [2.45, 2.75) is 13.0 Å². The van der Waals surface area contributed by atoms with Gasteiger partial charge in [0.2, 0.25) is 0 Å². The molecule has 2 aromatic heterocycles. The Morgan fingerprint density at radius 3 is 2.71 bits per heavy atom. The molecule has 4 nitrogen and oxygen atoms in total. The smallest absolute Gasteiger partial charge is 0.263 e. The van der Waals surface area contributed by atoms with E-state index in [1.807, 2.05) is 0 Å². The van der Waals surface area contributed by atoms with Crippen LogP contribution >= 0.6 is 11.6 Å². The largest absolute Gasteiger partial charge is 0.440 e. The zero-order chi connectivity index (χ0) is 10.1. The molecule has 1 N–H and O–H groups in total. The maximum absolute atomic E-state index is 9.20. The van der Waals surface area contributed by atoms with Crippen molar-refractivity contribution in [1.29, 1.82) is 0 Å². The highest BCUT2D eigenvalue weighted by Gasteiger charge is 2.12. The van der Waals surface area contributed by atoms with Crippen molar-refractivity contribution in [1.82, 2.24) is 4.98 Å². The highest BCUT2D eigenvalue weighted by molar-refractivity contribution is 6.28. The third-order valence-corrected chi connectivity index (χ3v) is 1.92. The molecule has 0 spiro atoms. The lowest BCUT2D eigenvalue weighted by Crippen LogP contribution is -1.85. The lowest BCUT2D eigenvalue weighted by molar-refractivity contribution is 0.170. The fraction of sp³-hybridized carbons (Fsp3) is 0.222. The molecule has 0 radical (unpaired) electrons. The molecule has 2 heterocycles. The number of furan rings is 1. The molecule has 5 heteroatoms. The van der Waals surface area contributed by atoms with Gasteiger partial charge in [-0.1, -0.05) is 0 Å². The van der Waals surface area contributed by atoms with E-state index in [4.69, 9.17) is 20.4 Å². The van der Waals surface area contributed by atoms with Crippen LogP contribution in [0, 0.1) is 0 Å². The average molecular weight is 214 g/mol. The summed E-state index contributed by atoms with van der Waals surface area (Å²) in [5, 5.41) is 9.47. The van der Waals surface area contributed by atoms with Gasteiger partial charge in [-0.3, -0.25) is 0 Å². The normalized spacial score (nSPS) is 13.1. The summed E-state index contributed by atoms with van der Waals surface area (Å²) in [5.74, 6) is 1.15. The number of halogens is 1. The van der Waals surface area contributed by atoms with Crippen molar-refractivity contribution in [2.24, 2.45) is 0 Å². The number of oxazole rings is 1. The van der Waals surface area contributed by atoms with E-state index in [0.717, 1.165) is 0 Å². The third-order valence-electron chi connectivity index (χ3n) is 1.72. The van der Waals surface area contributed by atoms with E-state index < -0.39 is 6.10 Å². The summed E-state index contributed by atoms with van der Waals surface area (Å²) < 4.78 is 10.3. The summed E-state index contributed by atoms with van der Waals surface area (Å²) in [7, 11) is 0. The minimum atomic E-state index is -0.679. The topological polar surface area (TPSA) is 59.4 Å². The fourth-order valence-electron chi connectivity index (χ4n) is 1.02. The average Bonchev–Trinajstić information content (AvgIpc) is 2.70. The molecule has 0 fully saturated rings. The fourth-order valence-corrected chi connectivity index (χ4v) is 1.17. The molecule has 0 aliphatic heterocycles. The first-order valence-electron chi connectivity index (χ1n) is 4.06. The number of hydrogen-bond acceptors (Lipinski definition) is 4. The van der Waals surface area contributed by atoms with E-state index in [1.165, 1.54) is 6.20 Å². The Bertz CT molecular complexity index is 433. The summed E-state index contributed by atoms with van der Waals surface area (Å²) in [4.78, 5) is 3.94. The molecule has 0 aliphatic carbocycles. The minimum Gasteiger partial charge on any atom is -0.440 e. The zero-order valence-electron chi connectivity index (χ0n) is 7.40. The summed E-state index contributed by atoms with van der Waals surface area (Å²) in [6.45, 7) is 1.60. The van der Waals surface area contributed by atoms with Crippen molar-refractivity contribution in [3.8, 4) is 11.7 Å². The van der Waals surface area contributed by atoms with Gasteiger partial charge in [0.25, 0.3) is 5.89 Å². The SMILES string of the molecule is CC(O)c1cnc(-c2ccc(Cl)o2)o1. The maximum atomic E-state index is 9.20. The molecule has 1 atom stereocenters. The van der Waals surface area contributed by atoms with Crippen molar-refractivity contribution in [2.75, 3.05) is 0 Å². The predicted octanol–water partition coefficient (Wildman–Crippen LogP) is 2.64. The van der Waals surface area contributed by atoms with Crippen LogP contribution in [0.15, 0.2) is 27.2 Å². The minimum absolute atomic E-state index is 0.275. The predicted molar refractivity (Wildman–Crippen MR) is 49.8 cm³/mol. The number of nitrogens with zero attached hydrogens (tertiary/aromatic N) is 1. The summed E-state index contributed by atoms with van der Waals surface area (Å²) >= 11 is 5.59. The van der Waals surface area contributed by atoms with E-state index >= 15 is 0 Å². The number of aliphatic hydroxyl groups excluding tert-OH is 1. The first kappa shape index (κ1) is 9.30. The van der Waals surface area contributed by atoms with Gasteiger partial charge < -0.3 is 13.9 Å². The van der Waals surface area contributed by atoms with Gasteiger partial charge in [0, 0.05) is 0 Å². The van der Waals surface area contributed by atoms with Crippen molar-refractivity contribution >= 4 is 11.6 Å². The molecule has 0 saturated carbocycles. The van der Waals surface area contributed by atoms with Gasteiger partial charge in [-0.25, -0.2) is 4.98 Å². The van der Waals surface area contributed by atoms with Crippen molar-refractivity contribution < 1.29 is 13.9 Å². The third kappa shape index (κ3) is 1.66. The second-order valence-electron chi connectivity index (χ2n) is 2.85. The van der Waals surface area contributed by atoms with Gasteiger partial charge in [-0.15, -0.1) is 0 Å². The number of aromatic nitrogens is 1. The lowest BCUT2D eigenvalue weighted by Gasteiger charge is -1.95. The van der Waals surface area contributed by atoms with Gasteiger partial charge in [0.1, 0.15) is 6.10 Å². The first-order chi connectivity index (χ1) is 6.66. The number of hydrogen-bond donors (Lipinski definition) is 1. The Hall–Kier alpha value is -1.26. The van der Waals surface area contributed by atoms with Gasteiger partial charge >= 0.3 is 0 Å². The molecule has 0 aromatic carbocycles. The molecule has 0 amide bonds. The van der Waals surface area contributed by atoms with Crippen LogP contribution in [0.2, 0.25) is 5.22 Å². The van der Waals surface area contributed by atoms with Crippen LogP contribution in [-0.4, -0.2) is 10.1 Å². The summed E-state index contributed by atoms with van der Waals surface area (Å²) in [6.07, 6.45) is 0.776. The van der Waals surface area contributed by atoms with E-state index in [9.17, 15) is 5.11 Å². The van der Waals surface area contributed by atoms with Crippen LogP contribution in [0.4, 0.5) is 0 Å². The molecule has 2 rings (SSSR count). The molecule has 0 bridgehead atoms. The van der Waals surface area contributed by atoms with E-state index in [1.54, 1.807) is 19.1 Å². The van der Waals surface area contributed by atoms with Gasteiger partial charge in [0.05, 0.1) is 6.20 Å². The van der Waals surface area contributed by atoms with Crippen LogP contribution < -0.4 is 0 Å². The Kier molecular flexibility index (Phi) is 2.31. The van der Waals surface area contributed by atoms with Gasteiger partial charge in [-0.05, 0) is 30.7 Å². The number of aliphatic hydroxyl groups is 1. The van der Waals surface area contributed by atoms with Gasteiger partial charge in [-0.2, -0.15) is 0 Å². The summed E-state index contributed by atoms with van der Waals surface area (Å²) in [6, 6.07) is 3.25. The molecular weight excluding hydrogens is 206 g/mol. The molecule has 0 saturated heterocycles. The standard InChI is InChI=1S/C9H8ClNO3/c1-5(12)7-4-11-9(14-7)6-2-3-8(10)13-6/h2-5,12H,1H3. The highest BCUT2D eigenvalue weighted by atomic mass is 35.5. The molecule has 74 valence electrons. The van der Waals surface area contributed by atoms with Gasteiger partial charge in [0.15, 0.2) is 16.7 Å². The quantitative estimate of drug-likeness (QED) is 0.833. The Morgan fingerprint density at radius 1 is 1.43 bits per heavy atom. The molecular formula is C9H8ClNO3. The van der Waals surface area contributed by atoms with E-state index in [0.29, 0.717) is 17.4 Å². The van der Waals surface area contributed by atoms with Crippen LogP contribution in [0.1, 0.15) is 18.8 Å². The maximum Gasteiger partial charge on any atom is 0.263 e. The molecule has 14 heavy (non-hydrogen) atoms. The Balaban J connectivity index is 2.33. The Labute approximate surface area is 85.1 Å². The van der Waals surface area contributed by atoms with E-state index in [-0.39, 0.29) is 5.22 Å².